The number of hydrogen-bond donors (Lipinski definition) is 1. The van der Waals surface area contributed by atoms with Crippen molar-refractivity contribution >= 4 is 22.8 Å². The average molecular weight is 312 g/mol. The zero-order chi connectivity index (χ0) is 16.4. The van der Waals surface area contributed by atoms with Gasteiger partial charge in [-0.1, -0.05) is 43.7 Å². The van der Waals surface area contributed by atoms with Crippen molar-refractivity contribution in [3.8, 4) is 11.5 Å². The minimum Gasteiger partial charge on any atom is -0.506 e. The predicted molar refractivity (Wildman–Crippen MR) is 89.9 cm³/mol. The van der Waals surface area contributed by atoms with Gasteiger partial charge in [-0.2, -0.15) is 0 Å². The van der Waals surface area contributed by atoms with Gasteiger partial charge >= 0.3 is 5.97 Å². The van der Waals surface area contributed by atoms with Crippen LogP contribution in [0.1, 0.15) is 42.1 Å². The number of carbonyl (C=O) groups is 1. The van der Waals surface area contributed by atoms with Gasteiger partial charge in [0, 0.05) is 16.3 Å². The molecule has 1 atom stereocenters. The second kappa shape index (κ2) is 6.32. The average Bonchev–Trinajstić information content (AvgIpc) is 2.60. The number of methoxy groups -OCH3 is 1. The molecule has 0 saturated carbocycles. The van der Waals surface area contributed by atoms with Crippen LogP contribution in [0.5, 0.6) is 11.5 Å². The fraction of sp³-hybridized carbons (Fsp3) is 0.316. The number of carbonyl (C=O) groups excluding carboxylic acids is 1. The van der Waals surface area contributed by atoms with Gasteiger partial charge in [0.2, 0.25) is 0 Å². The third-order valence-electron chi connectivity index (χ3n) is 4.16. The van der Waals surface area contributed by atoms with Crippen molar-refractivity contribution in [1.82, 2.24) is 0 Å². The summed E-state index contributed by atoms with van der Waals surface area (Å²) in [7, 11) is 1.31. The summed E-state index contributed by atoms with van der Waals surface area (Å²) in [6.45, 7) is 2.14. The number of ether oxygens (including phenoxy) is 2. The number of phenols is 1. The lowest BCUT2D eigenvalue weighted by atomic mass is 9.95. The van der Waals surface area contributed by atoms with Gasteiger partial charge in [0.25, 0.3) is 0 Å². The number of rotatable bonds is 4. The number of unbranched alkanes of at least 4 members (excludes halogenated alkanes) is 1. The summed E-state index contributed by atoms with van der Waals surface area (Å²) >= 11 is 0. The van der Waals surface area contributed by atoms with Gasteiger partial charge < -0.3 is 14.6 Å². The van der Waals surface area contributed by atoms with Crippen molar-refractivity contribution in [2.24, 2.45) is 0 Å². The molecule has 3 rings (SSSR count). The molecule has 1 aliphatic heterocycles. The Hall–Kier alpha value is -2.49. The lowest BCUT2D eigenvalue weighted by Crippen LogP contribution is -2.19. The molecule has 4 heteroatoms. The van der Waals surface area contributed by atoms with E-state index in [-0.39, 0.29) is 17.4 Å². The zero-order valence-electron chi connectivity index (χ0n) is 13.3. The van der Waals surface area contributed by atoms with Crippen molar-refractivity contribution in [2.45, 2.75) is 32.3 Å². The maximum Gasteiger partial charge on any atom is 0.342 e. The van der Waals surface area contributed by atoms with Crippen molar-refractivity contribution in [3.05, 3.63) is 41.5 Å². The summed E-state index contributed by atoms with van der Waals surface area (Å²) in [5.74, 6) is 0.0126. The summed E-state index contributed by atoms with van der Waals surface area (Å²) in [6.07, 6.45) is 6.89. The normalized spacial score (nSPS) is 16.0. The smallest absolute Gasteiger partial charge is 0.342 e. The minimum absolute atomic E-state index is 0.0131. The quantitative estimate of drug-likeness (QED) is 0.855. The zero-order valence-corrected chi connectivity index (χ0v) is 13.3. The van der Waals surface area contributed by atoms with Gasteiger partial charge in [0.15, 0.2) is 0 Å². The van der Waals surface area contributed by atoms with Gasteiger partial charge in [-0.15, -0.1) is 0 Å². The van der Waals surface area contributed by atoms with Crippen LogP contribution in [0.2, 0.25) is 0 Å². The Morgan fingerprint density at radius 3 is 2.74 bits per heavy atom. The van der Waals surface area contributed by atoms with Crippen LogP contribution in [0.25, 0.3) is 16.8 Å². The molecule has 1 N–H and O–H groups in total. The van der Waals surface area contributed by atoms with Gasteiger partial charge in [-0.25, -0.2) is 4.79 Å². The van der Waals surface area contributed by atoms with Crippen LogP contribution in [0.4, 0.5) is 0 Å². The van der Waals surface area contributed by atoms with Crippen LogP contribution in [0.3, 0.4) is 0 Å². The number of aromatic hydroxyl groups is 1. The standard InChI is InChI=1S/C19H20O4/c1-3-4-7-12-10-11-15-16(19(21)22-2)17(20)13-8-5-6-9-14(13)18(15)23-12/h5-6,8-12,20H,3-4,7H2,1-2H3. The van der Waals surface area contributed by atoms with E-state index in [9.17, 15) is 9.90 Å². The second-order valence-corrected chi connectivity index (χ2v) is 5.66. The van der Waals surface area contributed by atoms with E-state index in [4.69, 9.17) is 9.47 Å². The SMILES string of the molecule is CCCCC1C=Cc2c(C(=O)OC)c(O)c3ccccc3c2O1. The van der Waals surface area contributed by atoms with Crippen molar-refractivity contribution in [3.63, 3.8) is 0 Å². The predicted octanol–water partition coefficient (Wildman–Crippen LogP) is 4.30. The molecular formula is C19H20O4. The Balaban J connectivity index is 2.20. The van der Waals surface area contributed by atoms with Crippen molar-refractivity contribution in [1.29, 1.82) is 0 Å². The molecule has 120 valence electrons. The number of phenolic OH excluding ortho intramolecular Hbond substituents is 1. The maximum atomic E-state index is 12.1. The summed E-state index contributed by atoms with van der Waals surface area (Å²) in [6, 6.07) is 7.39. The number of fused-ring (bicyclic) bond motifs is 3. The Bertz CT molecular complexity index is 777. The molecule has 2 aromatic carbocycles. The van der Waals surface area contributed by atoms with Crippen molar-refractivity contribution in [2.75, 3.05) is 7.11 Å². The first-order valence-corrected chi connectivity index (χ1v) is 7.88. The third kappa shape index (κ3) is 2.65. The Labute approximate surface area is 135 Å². The molecular weight excluding hydrogens is 292 g/mol. The summed E-state index contributed by atoms with van der Waals surface area (Å²) in [5.41, 5.74) is 0.743. The Kier molecular flexibility index (Phi) is 4.24. The van der Waals surface area contributed by atoms with Crippen LogP contribution < -0.4 is 4.74 Å². The molecule has 0 bridgehead atoms. The fourth-order valence-electron chi connectivity index (χ4n) is 2.96. The van der Waals surface area contributed by atoms with Gasteiger partial charge in [0.05, 0.1) is 7.11 Å². The number of hydrogen-bond acceptors (Lipinski definition) is 4. The fourth-order valence-corrected chi connectivity index (χ4v) is 2.96. The molecule has 0 radical (unpaired) electrons. The molecule has 0 aliphatic carbocycles. The van der Waals surface area contributed by atoms with E-state index >= 15 is 0 Å². The van der Waals surface area contributed by atoms with E-state index in [1.165, 1.54) is 7.11 Å². The number of benzene rings is 2. The van der Waals surface area contributed by atoms with Crippen molar-refractivity contribution < 1.29 is 19.4 Å². The molecule has 0 aromatic heterocycles. The summed E-state index contributed by atoms with van der Waals surface area (Å²) in [4.78, 5) is 12.1. The molecule has 0 amide bonds. The lowest BCUT2D eigenvalue weighted by molar-refractivity contribution is 0.0596. The van der Waals surface area contributed by atoms with Gasteiger partial charge in [-0.05, 0) is 18.9 Å². The van der Waals surface area contributed by atoms with Crippen LogP contribution in [0.15, 0.2) is 30.3 Å². The molecule has 0 spiro atoms. The highest BCUT2D eigenvalue weighted by molar-refractivity contribution is 6.08. The molecule has 0 fully saturated rings. The van der Waals surface area contributed by atoms with E-state index in [0.717, 1.165) is 24.6 Å². The lowest BCUT2D eigenvalue weighted by Gasteiger charge is -2.25. The van der Waals surface area contributed by atoms with E-state index < -0.39 is 5.97 Å². The first kappa shape index (κ1) is 15.4. The van der Waals surface area contributed by atoms with Gasteiger partial charge in [0.1, 0.15) is 23.2 Å². The highest BCUT2D eigenvalue weighted by Crippen LogP contribution is 2.43. The highest BCUT2D eigenvalue weighted by atomic mass is 16.5. The third-order valence-corrected chi connectivity index (χ3v) is 4.16. The highest BCUT2D eigenvalue weighted by Gasteiger charge is 2.27. The molecule has 23 heavy (non-hydrogen) atoms. The molecule has 1 aliphatic rings. The van der Waals surface area contributed by atoms with E-state index in [1.54, 1.807) is 6.07 Å². The van der Waals surface area contributed by atoms with Gasteiger partial charge in [-0.3, -0.25) is 0 Å². The first-order chi connectivity index (χ1) is 11.2. The molecule has 4 nitrogen and oxygen atoms in total. The molecule has 0 saturated heterocycles. The van der Waals surface area contributed by atoms with Crippen LogP contribution in [-0.2, 0) is 4.74 Å². The summed E-state index contributed by atoms with van der Waals surface area (Å²) < 4.78 is 11.0. The summed E-state index contributed by atoms with van der Waals surface area (Å²) in [5, 5.41) is 11.9. The second-order valence-electron chi connectivity index (χ2n) is 5.66. The monoisotopic (exact) mass is 312 g/mol. The van der Waals surface area contributed by atoms with Crippen LogP contribution >= 0.6 is 0 Å². The van der Waals surface area contributed by atoms with Crippen LogP contribution in [0, 0.1) is 0 Å². The minimum atomic E-state index is -0.565. The molecule has 1 unspecified atom stereocenters. The van der Waals surface area contributed by atoms with Crippen LogP contribution in [-0.4, -0.2) is 24.3 Å². The molecule has 2 aromatic rings. The first-order valence-electron chi connectivity index (χ1n) is 7.88. The number of esters is 1. The Morgan fingerprint density at radius 2 is 2.04 bits per heavy atom. The van der Waals surface area contributed by atoms with E-state index in [2.05, 4.69) is 6.92 Å². The molecule has 1 heterocycles. The maximum absolute atomic E-state index is 12.1. The van der Waals surface area contributed by atoms with E-state index in [1.807, 2.05) is 30.4 Å². The topological polar surface area (TPSA) is 55.8 Å². The largest absolute Gasteiger partial charge is 0.506 e. The Morgan fingerprint density at radius 1 is 1.30 bits per heavy atom. The van der Waals surface area contributed by atoms with E-state index in [0.29, 0.717) is 16.7 Å².